The Bertz CT molecular complexity index is 1700. The third-order valence-corrected chi connectivity index (χ3v) is 6.71. The predicted molar refractivity (Wildman–Crippen MR) is 134 cm³/mol. The molecular formula is C27H21F4N5O5. The highest BCUT2D eigenvalue weighted by molar-refractivity contribution is 5.98. The summed E-state index contributed by atoms with van der Waals surface area (Å²) >= 11 is 0. The Hall–Kier alpha value is -5.01. The van der Waals surface area contributed by atoms with Crippen LogP contribution in [0, 0.1) is 12.7 Å². The van der Waals surface area contributed by atoms with Crippen LogP contribution in [-0.2, 0) is 13.0 Å². The first kappa shape index (κ1) is 27.6. The van der Waals surface area contributed by atoms with E-state index in [0.29, 0.717) is 18.4 Å². The molecule has 2 aromatic carbocycles. The third-order valence-electron chi connectivity index (χ3n) is 6.71. The Morgan fingerprint density at radius 1 is 1.15 bits per heavy atom. The van der Waals surface area contributed by atoms with Gasteiger partial charge in [-0.15, -0.1) is 13.2 Å². The number of halogens is 4. The van der Waals surface area contributed by atoms with E-state index < -0.39 is 41.8 Å². The van der Waals surface area contributed by atoms with E-state index in [-0.39, 0.29) is 34.7 Å². The maximum atomic E-state index is 14.5. The van der Waals surface area contributed by atoms with E-state index in [9.17, 15) is 37.1 Å². The Kier molecular flexibility index (Phi) is 7.07. The van der Waals surface area contributed by atoms with Gasteiger partial charge < -0.3 is 20.5 Å². The number of fused-ring (bicyclic) bond motifs is 2. The van der Waals surface area contributed by atoms with Crippen molar-refractivity contribution in [2.45, 2.75) is 38.7 Å². The lowest BCUT2D eigenvalue weighted by Gasteiger charge is -2.16. The second kappa shape index (κ2) is 10.5. The van der Waals surface area contributed by atoms with Gasteiger partial charge in [0.2, 0.25) is 0 Å². The van der Waals surface area contributed by atoms with Crippen LogP contribution < -0.4 is 15.4 Å². The van der Waals surface area contributed by atoms with Crippen LogP contribution in [-0.4, -0.2) is 43.9 Å². The van der Waals surface area contributed by atoms with Gasteiger partial charge in [-0.2, -0.15) is 5.10 Å². The second-order valence-corrected chi connectivity index (χ2v) is 9.31. The van der Waals surface area contributed by atoms with Crippen molar-refractivity contribution in [3.05, 3.63) is 93.7 Å². The SMILES string of the molecule is Cc1c(C(=O)O)ccc2c1CC[C@@H]2NC(=O)c1cc(C(=O)NCc2cccc(OC(F)(F)F)c2)nc2c(F)cnn12. The lowest BCUT2D eigenvalue weighted by atomic mass is 9.98. The van der Waals surface area contributed by atoms with Gasteiger partial charge in [-0.3, -0.25) is 9.59 Å². The van der Waals surface area contributed by atoms with Gasteiger partial charge in [-0.1, -0.05) is 18.2 Å². The van der Waals surface area contributed by atoms with Crippen LogP contribution in [0.25, 0.3) is 5.65 Å². The number of aromatic nitrogens is 3. The van der Waals surface area contributed by atoms with E-state index in [0.717, 1.165) is 40.0 Å². The minimum Gasteiger partial charge on any atom is -0.478 e. The minimum absolute atomic E-state index is 0.175. The molecule has 0 unspecified atom stereocenters. The van der Waals surface area contributed by atoms with Crippen LogP contribution in [0.3, 0.4) is 0 Å². The predicted octanol–water partition coefficient (Wildman–Crippen LogP) is 4.12. The molecule has 1 aliphatic carbocycles. The lowest BCUT2D eigenvalue weighted by molar-refractivity contribution is -0.274. The van der Waals surface area contributed by atoms with Gasteiger partial charge in [-0.25, -0.2) is 18.7 Å². The molecule has 2 aromatic heterocycles. The Balaban J connectivity index is 1.37. The second-order valence-electron chi connectivity index (χ2n) is 9.31. The number of amides is 2. The molecule has 1 atom stereocenters. The summed E-state index contributed by atoms with van der Waals surface area (Å²) in [4.78, 5) is 41.7. The van der Waals surface area contributed by atoms with Gasteiger partial charge in [0.1, 0.15) is 17.1 Å². The lowest BCUT2D eigenvalue weighted by Crippen LogP contribution is -2.30. The number of ether oxygens (including phenoxy) is 1. The van der Waals surface area contributed by atoms with Gasteiger partial charge in [0.25, 0.3) is 11.8 Å². The summed E-state index contributed by atoms with van der Waals surface area (Å²) in [5, 5.41) is 18.6. The molecule has 212 valence electrons. The number of aromatic carboxylic acids is 1. The summed E-state index contributed by atoms with van der Waals surface area (Å²) in [5.41, 5.74) is 1.77. The fourth-order valence-electron chi connectivity index (χ4n) is 4.83. The average molecular weight is 571 g/mol. The molecule has 10 nitrogen and oxygen atoms in total. The number of carbonyl (C=O) groups is 3. The highest BCUT2D eigenvalue weighted by Crippen LogP contribution is 2.35. The van der Waals surface area contributed by atoms with Crippen molar-refractivity contribution in [1.29, 1.82) is 0 Å². The topological polar surface area (TPSA) is 135 Å². The number of hydrogen-bond donors (Lipinski definition) is 3. The van der Waals surface area contributed by atoms with Crippen LogP contribution in [0.1, 0.15) is 66.1 Å². The minimum atomic E-state index is -4.88. The summed E-state index contributed by atoms with van der Waals surface area (Å²) < 4.78 is 56.8. The van der Waals surface area contributed by atoms with E-state index >= 15 is 0 Å². The fraction of sp³-hybridized carbons (Fsp3) is 0.222. The molecule has 0 bridgehead atoms. The van der Waals surface area contributed by atoms with Crippen molar-refractivity contribution >= 4 is 23.4 Å². The molecule has 2 heterocycles. The molecule has 0 aliphatic heterocycles. The van der Waals surface area contributed by atoms with Crippen molar-refractivity contribution in [2.24, 2.45) is 0 Å². The van der Waals surface area contributed by atoms with Gasteiger partial charge in [-0.05, 0) is 60.2 Å². The summed E-state index contributed by atoms with van der Waals surface area (Å²) in [7, 11) is 0. The zero-order chi connectivity index (χ0) is 29.5. The first-order chi connectivity index (χ1) is 19.4. The van der Waals surface area contributed by atoms with Crippen molar-refractivity contribution in [3.8, 4) is 5.75 Å². The van der Waals surface area contributed by atoms with E-state index in [1.807, 2.05) is 0 Å². The van der Waals surface area contributed by atoms with E-state index in [4.69, 9.17) is 0 Å². The first-order valence-corrected chi connectivity index (χ1v) is 12.2. The van der Waals surface area contributed by atoms with Crippen molar-refractivity contribution < 1.29 is 41.8 Å². The van der Waals surface area contributed by atoms with E-state index in [1.165, 1.54) is 18.2 Å². The third kappa shape index (κ3) is 5.66. The molecule has 2 amide bonds. The molecule has 14 heteroatoms. The molecule has 0 fully saturated rings. The standard InChI is InChI=1S/C27H21F4N5O5/c1-13-16-7-8-20(18(16)6-5-17(13)26(39)40)35-25(38)22-10-21(34-23-19(28)12-33-36(22)23)24(37)32-11-14-3-2-4-15(9-14)41-27(29,30)31/h2-6,9-10,12,20H,7-8,11H2,1H3,(H,32,37)(H,35,38)(H,39,40)/t20-/m0/s1. The smallest absolute Gasteiger partial charge is 0.478 e. The highest BCUT2D eigenvalue weighted by atomic mass is 19.4. The molecule has 3 N–H and O–H groups in total. The average Bonchev–Trinajstić information content (AvgIpc) is 3.49. The normalized spacial score (nSPS) is 14.5. The summed E-state index contributed by atoms with van der Waals surface area (Å²) in [6.45, 7) is 1.50. The zero-order valence-electron chi connectivity index (χ0n) is 21.3. The van der Waals surface area contributed by atoms with Crippen LogP contribution in [0.4, 0.5) is 17.6 Å². The highest BCUT2D eigenvalue weighted by Gasteiger charge is 2.31. The monoisotopic (exact) mass is 571 g/mol. The quantitative estimate of drug-likeness (QED) is 0.284. The first-order valence-electron chi connectivity index (χ1n) is 12.2. The number of nitrogens with one attached hydrogen (secondary N) is 2. The maximum absolute atomic E-state index is 14.5. The van der Waals surface area contributed by atoms with Gasteiger partial charge >= 0.3 is 12.3 Å². The summed E-state index contributed by atoms with van der Waals surface area (Å²) in [6.07, 6.45) is -3.00. The van der Waals surface area contributed by atoms with Crippen LogP contribution >= 0.6 is 0 Å². The molecular weight excluding hydrogens is 550 g/mol. The number of hydrogen-bond acceptors (Lipinski definition) is 6. The molecule has 41 heavy (non-hydrogen) atoms. The van der Waals surface area contributed by atoms with Crippen LogP contribution in [0.5, 0.6) is 5.75 Å². The molecule has 4 aromatic rings. The number of benzene rings is 2. The molecule has 0 spiro atoms. The van der Waals surface area contributed by atoms with Crippen molar-refractivity contribution in [2.75, 3.05) is 0 Å². The fourth-order valence-corrected chi connectivity index (χ4v) is 4.83. The maximum Gasteiger partial charge on any atom is 0.573 e. The molecule has 0 saturated carbocycles. The Morgan fingerprint density at radius 2 is 1.93 bits per heavy atom. The van der Waals surface area contributed by atoms with Crippen LogP contribution in [0.15, 0.2) is 48.7 Å². The summed E-state index contributed by atoms with van der Waals surface area (Å²) in [5.74, 6) is -3.89. The van der Waals surface area contributed by atoms with Crippen LogP contribution in [0.2, 0.25) is 0 Å². The largest absolute Gasteiger partial charge is 0.573 e. The van der Waals surface area contributed by atoms with Crippen molar-refractivity contribution in [3.63, 3.8) is 0 Å². The number of alkyl halides is 3. The van der Waals surface area contributed by atoms with Crippen molar-refractivity contribution in [1.82, 2.24) is 25.2 Å². The van der Waals surface area contributed by atoms with Gasteiger partial charge in [0, 0.05) is 12.6 Å². The number of rotatable bonds is 7. The van der Waals surface area contributed by atoms with Gasteiger partial charge in [0.15, 0.2) is 11.5 Å². The Morgan fingerprint density at radius 3 is 2.66 bits per heavy atom. The van der Waals surface area contributed by atoms with E-state index in [1.54, 1.807) is 13.0 Å². The molecule has 1 aliphatic rings. The number of carboxylic acid groups (broad SMARTS) is 1. The molecule has 0 radical (unpaired) electrons. The van der Waals surface area contributed by atoms with E-state index in [2.05, 4.69) is 25.5 Å². The number of carboxylic acids is 1. The Labute approximate surface area is 229 Å². The zero-order valence-corrected chi connectivity index (χ0v) is 21.3. The molecule has 0 saturated heterocycles. The summed E-state index contributed by atoms with van der Waals surface area (Å²) in [6, 6.07) is 8.78. The van der Waals surface area contributed by atoms with Gasteiger partial charge in [0.05, 0.1) is 17.8 Å². The molecule has 5 rings (SSSR count). The number of carbonyl (C=O) groups excluding carboxylic acids is 2. The number of nitrogens with zero attached hydrogens (tertiary/aromatic N) is 3.